The summed E-state index contributed by atoms with van der Waals surface area (Å²) in [4.78, 5) is 0.186. The van der Waals surface area contributed by atoms with Gasteiger partial charge < -0.3 is 10.5 Å². The van der Waals surface area contributed by atoms with E-state index in [0.717, 1.165) is 5.56 Å². The number of sulfone groups is 1. The van der Waals surface area contributed by atoms with Crippen molar-refractivity contribution in [2.75, 3.05) is 19.8 Å². The molecule has 1 heterocycles. The lowest BCUT2D eigenvalue weighted by atomic mass is 10.0. The minimum Gasteiger partial charge on any atom is -0.379 e. The molecule has 0 spiro atoms. The van der Waals surface area contributed by atoms with Gasteiger partial charge in [-0.1, -0.05) is 24.6 Å². The van der Waals surface area contributed by atoms with Gasteiger partial charge in [0.2, 0.25) is 0 Å². The largest absolute Gasteiger partial charge is 0.379 e. The molecule has 6 heteroatoms. The average molecular weight is 290 g/mol. The molecule has 1 aromatic rings. The van der Waals surface area contributed by atoms with Gasteiger partial charge in [0.15, 0.2) is 9.84 Å². The second-order valence-electron chi connectivity index (χ2n) is 4.53. The highest BCUT2D eigenvalue weighted by Crippen LogP contribution is 2.30. The van der Waals surface area contributed by atoms with Crippen LogP contribution in [0.5, 0.6) is 0 Å². The molecule has 18 heavy (non-hydrogen) atoms. The second kappa shape index (κ2) is 5.17. The van der Waals surface area contributed by atoms with Crippen molar-refractivity contribution in [2.45, 2.75) is 23.0 Å². The molecule has 0 aliphatic carbocycles. The Kier molecular flexibility index (Phi) is 3.96. The number of rotatable bonds is 4. The molecule has 1 aromatic carbocycles. The van der Waals surface area contributed by atoms with Crippen LogP contribution in [0.25, 0.3) is 0 Å². The van der Waals surface area contributed by atoms with Gasteiger partial charge in [-0.3, -0.25) is 0 Å². The number of hydrogen-bond acceptors (Lipinski definition) is 4. The van der Waals surface area contributed by atoms with Crippen LogP contribution in [0.3, 0.4) is 0 Å². The summed E-state index contributed by atoms with van der Waals surface area (Å²) in [7, 11) is -3.37. The Balaban J connectivity index is 2.35. The Morgan fingerprint density at radius 2 is 2.17 bits per heavy atom. The zero-order valence-electron chi connectivity index (χ0n) is 10.1. The molecule has 1 fully saturated rings. The number of hydrogen-bond donors (Lipinski definition) is 1. The number of benzene rings is 1. The summed E-state index contributed by atoms with van der Waals surface area (Å²) in [6.45, 7) is 2.97. The lowest BCUT2D eigenvalue weighted by molar-refractivity contribution is 0.0416. The van der Waals surface area contributed by atoms with E-state index in [4.69, 9.17) is 22.1 Å². The predicted molar refractivity (Wildman–Crippen MR) is 70.7 cm³/mol. The van der Waals surface area contributed by atoms with Crippen molar-refractivity contribution in [3.05, 3.63) is 28.8 Å². The van der Waals surface area contributed by atoms with E-state index < -0.39 is 15.1 Å². The van der Waals surface area contributed by atoms with Gasteiger partial charge in [-0.15, -0.1) is 0 Å². The second-order valence-corrected chi connectivity index (χ2v) is 7.13. The normalized spacial score (nSPS) is 18.4. The molecule has 0 radical (unpaired) electrons. The van der Waals surface area contributed by atoms with Crippen molar-refractivity contribution in [1.29, 1.82) is 0 Å². The van der Waals surface area contributed by atoms with Gasteiger partial charge in [-0.2, -0.15) is 0 Å². The van der Waals surface area contributed by atoms with Crippen LogP contribution in [0.1, 0.15) is 18.4 Å². The fourth-order valence-electron chi connectivity index (χ4n) is 1.76. The van der Waals surface area contributed by atoms with Gasteiger partial charge in [0.05, 0.1) is 23.1 Å². The molecule has 100 valence electrons. The van der Waals surface area contributed by atoms with Crippen molar-refractivity contribution in [2.24, 2.45) is 5.73 Å². The first-order valence-corrected chi connectivity index (χ1v) is 7.70. The number of halogens is 1. The van der Waals surface area contributed by atoms with Gasteiger partial charge in [-0.05, 0) is 30.2 Å². The molecule has 2 N–H and O–H groups in total. The molecule has 2 rings (SSSR count). The first kappa shape index (κ1) is 13.8. The molecule has 1 saturated heterocycles. The third kappa shape index (κ3) is 2.40. The van der Waals surface area contributed by atoms with E-state index in [0.29, 0.717) is 6.54 Å². The molecule has 1 aliphatic heterocycles. The molecular formula is C12H16ClNO3S. The SMILES string of the molecule is CC(CN)c1ccc(S(=O)(=O)C2COC2)c(Cl)c1. The lowest BCUT2D eigenvalue weighted by Crippen LogP contribution is -2.40. The summed E-state index contributed by atoms with van der Waals surface area (Å²) in [6.07, 6.45) is 0. The summed E-state index contributed by atoms with van der Waals surface area (Å²) in [5.74, 6) is 0.159. The Morgan fingerprint density at radius 1 is 1.50 bits per heavy atom. The van der Waals surface area contributed by atoms with Crippen LogP contribution >= 0.6 is 11.6 Å². The van der Waals surface area contributed by atoms with Crippen molar-refractivity contribution in [3.63, 3.8) is 0 Å². The van der Waals surface area contributed by atoms with E-state index in [2.05, 4.69) is 0 Å². The molecule has 4 nitrogen and oxygen atoms in total. The van der Waals surface area contributed by atoms with E-state index >= 15 is 0 Å². The zero-order chi connectivity index (χ0) is 13.3. The molecule has 0 amide bonds. The van der Waals surface area contributed by atoms with Gasteiger partial charge in [0.25, 0.3) is 0 Å². The summed E-state index contributed by atoms with van der Waals surface area (Å²) < 4.78 is 29.3. The summed E-state index contributed by atoms with van der Waals surface area (Å²) in [5.41, 5.74) is 6.53. The van der Waals surface area contributed by atoms with Gasteiger partial charge in [-0.25, -0.2) is 8.42 Å². The van der Waals surface area contributed by atoms with E-state index in [1.165, 1.54) is 0 Å². The Bertz CT molecular complexity index is 540. The summed E-state index contributed by atoms with van der Waals surface area (Å²) in [5, 5.41) is -0.201. The first-order chi connectivity index (χ1) is 8.46. The highest BCUT2D eigenvalue weighted by molar-refractivity contribution is 7.92. The number of ether oxygens (including phenoxy) is 1. The van der Waals surface area contributed by atoms with Crippen LogP contribution in [0.2, 0.25) is 5.02 Å². The van der Waals surface area contributed by atoms with Crippen molar-refractivity contribution < 1.29 is 13.2 Å². The van der Waals surface area contributed by atoms with Crippen LogP contribution in [0, 0.1) is 0 Å². The fourth-order valence-corrected chi connectivity index (χ4v) is 3.77. The van der Waals surface area contributed by atoms with Crippen LogP contribution in [-0.4, -0.2) is 33.4 Å². The van der Waals surface area contributed by atoms with E-state index in [-0.39, 0.29) is 29.0 Å². The van der Waals surface area contributed by atoms with E-state index in [1.54, 1.807) is 18.2 Å². The Morgan fingerprint density at radius 3 is 2.61 bits per heavy atom. The average Bonchev–Trinajstić information content (AvgIpc) is 2.24. The molecule has 1 atom stereocenters. The smallest absolute Gasteiger partial charge is 0.187 e. The fraction of sp³-hybridized carbons (Fsp3) is 0.500. The molecular weight excluding hydrogens is 274 g/mol. The van der Waals surface area contributed by atoms with E-state index in [1.807, 2.05) is 6.92 Å². The molecule has 1 aliphatic rings. The predicted octanol–water partition coefficient (Wildman–Crippen LogP) is 1.57. The zero-order valence-corrected chi connectivity index (χ0v) is 11.7. The minimum atomic E-state index is -3.37. The topological polar surface area (TPSA) is 69.4 Å². The van der Waals surface area contributed by atoms with Gasteiger partial charge in [0, 0.05) is 0 Å². The van der Waals surface area contributed by atoms with Crippen LogP contribution < -0.4 is 5.73 Å². The minimum absolute atomic E-state index is 0.159. The van der Waals surface area contributed by atoms with Crippen LogP contribution in [0.4, 0.5) is 0 Å². The highest BCUT2D eigenvalue weighted by Gasteiger charge is 2.35. The van der Waals surface area contributed by atoms with Crippen molar-refractivity contribution in [1.82, 2.24) is 0 Å². The third-order valence-corrected chi connectivity index (χ3v) is 5.78. The standard InChI is InChI=1S/C12H16ClNO3S/c1-8(5-14)9-2-3-12(11(13)4-9)18(15,16)10-6-17-7-10/h2-4,8,10H,5-7,14H2,1H3. The Hall–Kier alpha value is -0.620. The molecule has 0 bridgehead atoms. The summed E-state index contributed by atoms with van der Waals surface area (Å²) in [6, 6.07) is 5.03. The molecule has 0 saturated carbocycles. The monoisotopic (exact) mass is 289 g/mol. The van der Waals surface area contributed by atoms with Gasteiger partial charge in [0.1, 0.15) is 5.25 Å². The maximum Gasteiger partial charge on any atom is 0.187 e. The van der Waals surface area contributed by atoms with Crippen LogP contribution in [-0.2, 0) is 14.6 Å². The van der Waals surface area contributed by atoms with Crippen molar-refractivity contribution in [3.8, 4) is 0 Å². The molecule has 0 aromatic heterocycles. The quantitative estimate of drug-likeness (QED) is 0.913. The Labute approximate surface area is 112 Å². The maximum absolute atomic E-state index is 12.2. The lowest BCUT2D eigenvalue weighted by Gasteiger charge is -2.26. The summed E-state index contributed by atoms with van der Waals surface area (Å²) >= 11 is 6.08. The van der Waals surface area contributed by atoms with Gasteiger partial charge >= 0.3 is 0 Å². The first-order valence-electron chi connectivity index (χ1n) is 5.78. The third-order valence-electron chi connectivity index (χ3n) is 3.23. The van der Waals surface area contributed by atoms with Crippen molar-refractivity contribution >= 4 is 21.4 Å². The van der Waals surface area contributed by atoms with E-state index in [9.17, 15) is 8.42 Å². The maximum atomic E-state index is 12.2. The van der Waals surface area contributed by atoms with Crippen LogP contribution in [0.15, 0.2) is 23.1 Å². The molecule has 1 unspecified atom stereocenters. The highest BCUT2D eigenvalue weighted by atomic mass is 35.5. The number of nitrogens with two attached hydrogens (primary N) is 1.